The van der Waals surface area contributed by atoms with Crippen molar-refractivity contribution in [3.63, 3.8) is 0 Å². The molecule has 0 aromatic heterocycles. The first kappa shape index (κ1) is 14.0. The monoisotopic (exact) mass is 284 g/mol. The Kier molecular flexibility index (Phi) is 4.87. The van der Waals surface area contributed by atoms with E-state index in [1.165, 1.54) is 0 Å². The van der Waals surface area contributed by atoms with Gasteiger partial charge in [0.15, 0.2) is 0 Å². The van der Waals surface area contributed by atoms with E-state index < -0.39 is 0 Å². The first-order valence-electron chi connectivity index (χ1n) is 6.19. The molecule has 1 aliphatic heterocycles. The molecule has 1 saturated heterocycles. The van der Waals surface area contributed by atoms with Crippen LogP contribution < -0.4 is 15.4 Å². The molecule has 104 valence electrons. The van der Waals surface area contributed by atoms with Crippen LogP contribution in [0.5, 0.6) is 5.75 Å². The molecule has 1 heterocycles. The number of benzene rings is 1. The second kappa shape index (κ2) is 6.63. The molecule has 1 fully saturated rings. The van der Waals surface area contributed by atoms with Gasteiger partial charge in [0.2, 0.25) is 0 Å². The molecule has 2 amide bonds. The third-order valence-electron chi connectivity index (χ3n) is 2.94. The van der Waals surface area contributed by atoms with Gasteiger partial charge in [0, 0.05) is 19.2 Å². The molecule has 1 atom stereocenters. The molecule has 1 aromatic rings. The molecule has 0 spiro atoms. The maximum atomic E-state index is 11.7. The van der Waals surface area contributed by atoms with Crippen molar-refractivity contribution in [3.05, 3.63) is 23.2 Å². The van der Waals surface area contributed by atoms with Crippen LogP contribution in [0.25, 0.3) is 0 Å². The van der Waals surface area contributed by atoms with Gasteiger partial charge in [-0.3, -0.25) is 0 Å². The molecule has 5 nitrogen and oxygen atoms in total. The van der Waals surface area contributed by atoms with Gasteiger partial charge in [-0.2, -0.15) is 0 Å². The van der Waals surface area contributed by atoms with Gasteiger partial charge in [-0.25, -0.2) is 4.79 Å². The number of hydrogen-bond acceptors (Lipinski definition) is 3. The van der Waals surface area contributed by atoms with Crippen molar-refractivity contribution in [2.75, 3.05) is 25.6 Å². The van der Waals surface area contributed by atoms with Crippen molar-refractivity contribution >= 4 is 23.3 Å². The molecule has 1 aromatic carbocycles. The fraction of sp³-hybridized carbons (Fsp3) is 0.462. The summed E-state index contributed by atoms with van der Waals surface area (Å²) in [5.74, 6) is 0.648. The highest BCUT2D eigenvalue weighted by Crippen LogP contribution is 2.26. The quantitative estimate of drug-likeness (QED) is 0.893. The number of halogens is 1. The molecule has 6 heteroatoms. The molecule has 0 unspecified atom stereocenters. The summed E-state index contributed by atoms with van der Waals surface area (Å²) >= 11 is 6.03. The van der Waals surface area contributed by atoms with Crippen molar-refractivity contribution in [2.45, 2.75) is 18.9 Å². The summed E-state index contributed by atoms with van der Waals surface area (Å²) in [6.07, 6.45) is 2.17. The van der Waals surface area contributed by atoms with Crippen LogP contribution in [0.15, 0.2) is 18.2 Å². The molecule has 0 aliphatic carbocycles. The first-order chi connectivity index (χ1) is 9.19. The van der Waals surface area contributed by atoms with Gasteiger partial charge in [0.1, 0.15) is 5.75 Å². The molecule has 0 bridgehead atoms. The van der Waals surface area contributed by atoms with Crippen molar-refractivity contribution in [1.82, 2.24) is 5.32 Å². The van der Waals surface area contributed by atoms with Crippen LogP contribution in [-0.2, 0) is 4.74 Å². The SMILES string of the molecule is COc1ccc(NC(=O)NC[C@H]2CCCO2)c(Cl)c1. The van der Waals surface area contributed by atoms with Gasteiger partial charge in [-0.1, -0.05) is 11.6 Å². The lowest BCUT2D eigenvalue weighted by Crippen LogP contribution is -2.35. The van der Waals surface area contributed by atoms with Crippen LogP contribution in [0.3, 0.4) is 0 Å². The topological polar surface area (TPSA) is 59.6 Å². The number of amides is 2. The Labute approximate surface area is 117 Å². The molecular formula is C13H17ClN2O3. The Balaban J connectivity index is 1.84. The molecule has 1 aliphatic rings. The summed E-state index contributed by atoms with van der Waals surface area (Å²) < 4.78 is 10.5. The van der Waals surface area contributed by atoms with Crippen LogP contribution in [0.4, 0.5) is 10.5 Å². The van der Waals surface area contributed by atoms with Crippen LogP contribution in [0, 0.1) is 0 Å². The minimum Gasteiger partial charge on any atom is -0.497 e. The zero-order valence-electron chi connectivity index (χ0n) is 10.7. The summed E-state index contributed by atoms with van der Waals surface area (Å²) in [6.45, 7) is 1.29. The minimum absolute atomic E-state index is 0.122. The average Bonchev–Trinajstić information content (AvgIpc) is 2.92. The Morgan fingerprint density at radius 1 is 1.58 bits per heavy atom. The molecule has 19 heavy (non-hydrogen) atoms. The maximum Gasteiger partial charge on any atom is 0.319 e. The number of urea groups is 1. The van der Waals surface area contributed by atoms with E-state index in [9.17, 15) is 4.79 Å². The van der Waals surface area contributed by atoms with E-state index >= 15 is 0 Å². The Bertz CT molecular complexity index is 448. The second-order valence-corrected chi connectivity index (χ2v) is 4.72. The number of carbonyl (C=O) groups is 1. The lowest BCUT2D eigenvalue weighted by atomic mass is 10.2. The average molecular weight is 285 g/mol. The molecule has 0 radical (unpaired) electrons. The van der Waals surface area contributed by atoms with Crippen molar-refractivity contribution in [2.24, 2.45) is 0 Å². The van der Waals surface area contributed by atoms with E-state index in [0.29, 0.717) is 23.0 Å². The third-order valence-corrected chi connectivity index (χ3v) is 3.25. The van der Waals surface area contributed by atoms with E-state index in [1.54, 1.807) is 25.3 Å². The summed E-state index contributed by atoms with van der Waals surface area (Å²) in [4.78, 5) is 11.7. The van der Waals surface area contributed by atoms with E-state index in [2.05, 4.69) is 10.6 Å². The first-order valence-corrected chi connectivity index (χ1v) is 6.57. The summed E-state index contributed by atoms with van der Waals surface area (Å²) in [6, 6.07) is 4.80. The number of rotatable bonds is 4. The number of methoxy groups -OCH3 is 1. The van der Waals surface area contributed by atoms with E-state index in [-0.39, 0.29) is 12.1 Å². The zero-order valence-corrected chi connectivity index (χ0v) is 11.5. The van der Waals surface area contributed by atoms with Crippen LogP contribution in [0.2, 0.25) is 5.02 Å². The number of hydrogen-bond donors (Lipinski definition) is 2. The fourth-order valence-electron chi connectivity index (χ4n) is 1.90. The number of carbonyl (C=O) groups excluding carboxylic acids is 1. The standard InChI is InChI=1S/C13H17ClN2O3/c1-18-9-4-5-12(11(14)7-9)16-13(17)15-8-10-3-2-6-19-10/h4-5,7,10H,2-3,6,8H2,1H3,(H2,15,16,17)/t10-/m1/s1. The lowest BCUT2D eigenvalue weighted by Gasteiger charge is -2.12. The van der Waals surface area contributed by atoms with Crippen LogP contribution in [-0.4, -0.2) is 32.4 Å². The Morgan fingerprint density at radius 3 is 3.05 bits per heavy atom. The van der Waals surface area contributed by atoms with Gasteiger partial charge < -0.3 is 20.1 Å². The molecular weight excluding hydrogens is 268 g/mol. The maximum absolute atomic E-state index is 11.7. The number of nitrogens with one attached hydrogen (secondary N) is 2. The minimum atomic E-state index is -0.289. The Hall–Kier alpha value is -1.46. The van der Waals surface area contributed by atoms with Crippen molar-refractivity contribution in [1.29, 1.82) is 0 Å². The van der Waals surface area contributed by atoms with Crippen LogP contribution >= 0.6 is 11.6 Å². The zero-order chi connectivity index (χ0) is 13.7. The normalized spacial score (nSPS) is 18.1. The number of ether oxygens (including phenoxy) is 2. The predicted octanol–water partition coefficient (Wildman–Crippen LogP) is 2.65. The number of anilines is 1. The predicted molar refractivity (Wildman–Crippen MR) is 74.0 cm³/mol. The molecule has 0 saturated carbocycles. The lowest BCUT2D eigenvalue weighted by molar-refractivity contribution is 0.112. The highest BCUT2D eigenvalue weighted by Gasteiger charge is 2.16. The second-order valence-electron chi connectivity index (χ2n) is 4.32. The van der Waals surface area contributed by atoms with Gasteiger partial charge in [0.05, 0.1) is 23.9 Å². The summed E-state index contributed by atoms with van der Waals surface area (Å²) in [7, 11) is 1.56. The Morgan fingerprint density at radius 2 is 2.42 bits per heavy atom. The van der Waals surface area contributed by atoms with Gasteiger partial charge in [0.25, 0.3) is 0 Å². The summed E-state index contributed by atoms with van der Waals surface area (Å²) in [5.41, 5.74) is 0.548. The largest absolute Gasteiger partial charge is 0.497 e. The fourth-order valence-corrected chi connectivity index (χ4v) is 2.12. The van der Waals surface area contributed by atoms with Crippen LogP contribution in [0.1, 0.15) is 12.8 Å². The van der Waals surface area contributed by atoms with Gasteiger partial charge >= 0.3 is 6.03 Å². The van der Waals surface area contributed by atoms with E-state index in [4.69, 9.17) is 21.1 Å². The van der Waals surface area contributed by atoms with E-state index in [1.807, 2.05) is 0 Å². The summed E-state index contributed by atoms with van der Waals surface area (Å²) in [5, 5.41) is 5.89. The third kappa shape index (κ3) is 4.01. The van der Waals surface area contributed by atoms with Crippen molar-refractivity contribution < 1.29 is 14.3 Å². The van der Waals surface area contributed by atoms with Gasteiger partial charge in [-0.15, -0.1) is 0 Å². The van der Waals surface area contributed by atoms with Crippen molar-refractivity contribution in [3.8, 4) is 5.75 Å². The smallest absolute Gasteiger partial charge is 0.319 e. The van der Waals surface area contributed by atoms with Gasteiger partial charge in [-0.05, 0) is 25.0 Å². The molecule has 2 N–H and O–H groups in total. The highest BCUT2D eigenvalue weighted by molar-refractivity contribution is 6.33. The highest BCUT2D eigenvalue weighted by atomic mass is 35.5. The molecule has 2 rings (SSSR count). The van der Waals surface area contributed by atoms with E-state index in [0.717, 1.165) is 19.4 Å².